The minimum atomic E-state index is -1.12. The average molecular weight is 430 g/mol. The van der Waals surface area contributed by atoms with Crippen LogP contribution in [0.1, 0.15) is 32.4 Å². The van der Waals surface area contributed by atoms with Gasteiger partial charge in [0.05, 0.1) is 5.69 Å². The largest absolute Gasteiger partial charge is 0.477 e. The second kappa shape index (κ2) is 7.52. The standard InChI is InChI=1S/C24H18N2O4S/c1-13-10-11-18-20(21(23(27)28)31-22(18)25-13)26-24(29)30-12-19-16-8-4-2-6-14(16)15-7-3-5-9-17(15)19/h2-11,19H,12H2,1H3,(H,26,29)(H,27,28). The summed E-state index contributed by atoms with van der Waals surface area (Å²) in [7, 11) is 0. The van der Waals surface area contributed by atoms with Crippen molar-refractivity contribution in [2.45, 2.75) is 12.8 Å². The minimum Gasteiger partial charge on any atom is -0.477 e. The van der Waals surface area contributed by atoms with E-state index in [4.69, 9.17) is 4.74 Å². The smallest absolute Gasteiger partial charge is 0.411 e. The lowest BCUT2D eigenvalue weighted by molar-refractivity contribution is 0.0703. The van der Waals surface area contributed by atoms with Gasteiger partial charge in [0.15, 0.2) is 0 Å². The number of anilines is 1. The van der Waals surface area contributed by atoms with Crippen molar-refractivity contribution in [3.63, 3.8) is 0 Å². The highest BCUT2D eigenvalue weighted by atomic mass is 32.1. The Hall–Kier alpha value is -3.71. The van der Waals surface area contributed by atoms with Gasteiger partial charge in [-0.15, -0.1) is 11.3 Å². The average Bonchev–Trinajstić information content (AvgIpc) is 3.28. The van der Waals surface area contributed by atoms with Crippen molar-refractivity contribution in [3.05, 3.63) is 82.4 Å². The topological polar surface area (TPSA) is 88.5 Å². The lowest BCUT2D eigenvalue weighted by Gasteiger charge is -2.14. The molecule has 0 spiro atoms. The number of rotatable bonds is 4. The second-order valence-corrected chi connectivity index (χ2v) is 8.37. The molecule has 0 fully saturated rings. The van der Waals surface area contributed by atoms with Gasteiger partial charge in [0.25, 0.3) is 0 Å². The zero-order chi connectivity index (χ0) is 21.5. The van der Waals surface area contributed by atoms with Crippen LogP contribution in [0.15, 0.2) is 60.7 Å². The third kappa shape index (κ3) is 3.33. The first kappa shape index (κ1) is 19.3. The van der Waals surface area contributed by atoms with E-state index in [-0.39, 0.29) is 23.1 Å². The minimum absolute atomic E-state index is 0.0293. The van der Waals surface area contributed by atoms with E-state index in [2.05, 4.69) is 22.4 Å². The molecule has 1 amide bonds. The first-order valence-electron chi connectivity index (χ1n) is 9.78. The van der Waals surface area contributed by atoms with Crippen LogP contribution in [0, 0.1) is 6.92 Å². The van der Waals surface area contributed by atoms with Gasteiger partial charge in [0.2, 0.25) is 0 Å². The second-order valence-electron chi connectivity index (χ2n) is 7.37. The maximum atomic E-state index is 12.6. The normalized spacial score (nSPS) is 12.4. The van der Waals surface area contributed by atoms with E-state index in [9.17, 15) is 14.7 Å². The fraction of sp³-hybridized carbons (Fsp3) is 0.125. The van der Waals surface area contributed by atoms with Gasteiger partial charge in [-0.25, -0.2) is 14.6 Å². The molecule has 0 bridgehead atoms. The summed E-state index contributed by atoms with van der Waals surface area (Å²) in [6.45, 7) is 1.99. The molecule has 5 rings (SSSR count). The number of aromatic carboxylic acids is 1. The highest BCUT2D eigenvalue weighted by Gasteiger charge is 2.29. The molecule has 7 heteroatoms. The molecule has 2 heterocycles. The van der Waals surface area contributed by atoms with Crippen LogP contribution in [-0.4, -0.2) is 28.8 Å². The number of fused-ring (bicyclic) bond motifs is 4. The first-order valence-corrected chi connectivity index (χ1v) is 10.6. The maximum absolute atomic E-state index is 12.6. The summed E-state index contributed by atoms with van der Waals surface area (Å²) in [5.41, 5.74) is 5.51. The molecule has 0 unspecified atom stereocenters. The number of carbonyl (C=O) groups excluding carboxylic acids is 1. The number of benzene rings is 2. The molecule has 2 aromatic carbocycles. The van der Waals surface area contributed by atoms with Gasteiger partial charge in [0.1, 0.15) is 16.3 Å². The molecule has 0 saturated heterocycles. The van der Waals surface area contributed by atoms with Crippen molar-refractivity contribution in [3.8, 4) is 11.1 Å². The number of aryl methyl sites for hydroxylation is 1. The first-order chi connectivity index (χ1) is 15.0. The predicted octanol–water partition coefficient (Wildman–Crippen LogP) is 5.66. The lowest BCUT2D eigenvalue weighted by atomic mass is 9.98. The van der Waals surface area contributed by atoms with Gasteiger partial charge in [-0.2, -0.15) is 0 Å². The zero-order valence-electron chi connectivity index (χ0n) is 16.6. The molecule has 0 atom stereocenters. The van der Waals surface area contributed by atoms with E-state index in [1.165, 1.54) is 0 Å². The SMILES string of the molecule is Cc1ccc2c(NC(=O)OCC3c4ccccc4-c4ccccc43)c(C(=O)O)sc2n1. The van der Waals surface area contributed by atoms with Gasteiger partial charge in [-0.1, -0.05) is 48.5 Å². The van der Waals surface area contributed by atoms with Gasteiger partial charge in [-0.3, -0.25) is 5.32 Å². The van der Waals surface area contributed by atoms with Crippen LogP contribution in [0.3, 0.4) is 0 Å². The molecule has 154 valence electrons. The van der Waals surface area contributed by atoms with Gasteiger partial charge in [0, 0.05) is 17.0 Å². The van der Waals surface area contributed by atoms with Crippen LogP contribution >= 0.6 is 11.3 Å². The molecule has 31 heavy (non-hydrogen) atoms. The Morgan fingerprint density at radius 2 is 1.68 bits per heavy atom. The van der Waals surface area contributed by atoms with Crippen molar-refractivity contribution < 1.29 is 19.4 Å². The van der Waals surface area contributed by atoms with E-state index >= 15 is 0 Å². The maximum Gasteiger partial charge on any atom is 0.411 e. The summed E-state index contributed by atoms with van der Waals surface area (Å²) in [6, 6.07) is 19.7. The number of thiophene rings is 1. The summed E-state index contributed by atoms with van der Waals surface area (Å²) < 4.78 is 5.56. The fourth-order valence-electron chi connectivity index (χ4n) is 4.08. The van der Waals surface area contributed by atoms with E-state index in [0.717, 1.165) is 39.3 Å². The molecule has 2 N–H and O–H groups in total. The van der Waals surface area contributed by atoms with Crippen molar-refractivity contribution in [1.29, 1.82) is 0 Å². The Morgan fingerprint density at radius 3 is 2.32 bits per heavy atom. The van der Waals surface area contributed by atoms with Crippen LogP contribution < -0.4 is 5.32 Å². The molecule has 1 aliphatic rings. The number of carboxylic acid groups (broad SMARTS) is 1. The molecule has 0 aliphatic heterocycles. The number of carbonyl (C=O) groups is 2. The van der Waals surface area contributed by atoms with Crippen LogP contribution in [-0.2, 0) is 4.74 Å². The number of hydrogen-bond donors (Lipinski definition) is 2. The highest BCUT2D eigenvalue weighted by Crippen LogP contribution is 2.44. The van der Waals surface area contributed by atoms with Crippen LogP contribution in [0.25, 0.3) is 21.3 Å². The number of nitrogens with one attached hydrogen (secondary N) is 1. The number of ether oxygens (including phenoxy) is 1. The number of pyridine rings is 1. The third-order valence-corrected chi connectivity index (χ3v) is 6.55. The predicted molar refractivity (Wildman–Crippen MR) is 120 cm³/mol. The van der Waals surface area contributed by atoms with Crippen molar-refractivity contribution in [2.75, 3.05) is 11.9 Å². The summed E-state index contributed by atoms with van der Waals surface area (Å²) in [5.74, 6) is -1.18. The number of hydrogen-bond acceptors (Lipinski definition) is 5. The molecule has 0 radical (unpaired) electrons. The lowest BCUT2D eigenvalue weighted by Crippen LogP contribution is -2.18. The quantitative estimate of drug-likeness (QED) is 0.436. The Kier molecular flexibility index (Phi) is 4.67. The Labute approximate surface area is 182 Å². The van der Waals surface area contributed by atoms with Crippen LogP contribution in [0.4, 0.5) is 10.5 Å². The van der Waals surface area contributed by atoms with E-state index < -0.39 is 12.1 Å². The van der Waals surface area contributed by atoms with Crippen LogP contribution in [0.5, 0.6) is 0 Å². The highest BCUT2D eigenvalue weighted by molar-refractivity contribution is 7.21. The number of amides is 1. The Bertz CT molecular complexity index is 1300. The molecule has 0 saturated carbocycles. The fourth-order valence-corrected chi connectivity index (χ4v) is 5.10. The molecular formula is C24H18N2O4S. The van der Waals surface area contributed by atoms with E-state index in [1.54, 1.807) is 12.1 Å². The summed E-state index contributed by atoms with van der Waals surface area (Å²) >= 11 is 1.03. The van der Waals surface area contributed by atoms with Crippen molar-refractivity contribution in [1.82, 2.24) is 4.98 Å². The molecule has 1 aliphatic carbocycles. The monoisotopic (exact) mass is 430 g/mol. The Morgan fingerprint density at radius 1 is 1.03 bits per heavy atom. The number of aromatic nitrogens is 1. The third-order valence-electron chi connectivity index (χ3n) is 5.46. The zero-order valence-corrected chi connectivity index (χ0v) is 17.4. The molecule has 4 aromatic rings. The van der Waals surface area contributed by atoms with Gasteiger partial charge in [-0.05, 0) is 41.3 Å². The van der Waals surface area contributed by atoms with Crippen LogP contribution in [0.2, 0.25) is 0 Å². The Balaban J connectivity index is 1.39. The van der Waals surface area contributed by atoms with Crippen molar-refractivity contribution in [2.24, 2.45) is 0 Å². The van der Waals surface area contributed by atoms with Gasteiger partial charge >= 0.3 is 12.1 Å². The summed E-state index contributed by atoms with van der Waals surface area (Å²) in [4.78, 5) is 29.3. The molecule has 6 nitrogen and oxygen atoms in total. The van der Waals surface area contributed by atoms with E-state index in [1.807, 2.05) is 43.3 Å². The van der Waals surface area contributed by atoms with Gasteiger partial charge < -0.3 is 9.84 Å². The summed E-state index contributed by atoms with van der Waals surface area (Å²) in [5, 5.41) is 12.8. The molecular weight excluding hydrogens is 412 g/mol. The number of nitrogens with zero attached hydrogens (tertiary/aromatic N) is 1. The number of carboxylic acids is 1. The summed E-state index contributed by atoms with van der Waals surface area (Å²) in [6.07, 6.45) is -0.690. The van der Waals surface area contributed by atoms with E-state index in [0.29, 0.717) is 10.2 Å². The molecule has 2 aromatic heterocycles. The van der Waals surface area contributed by atoms with Crippen molar-refractivity contribution >= 4 is 39.3 Å².